The fourth-order valence-corrected chi connectivity index (χ4v) is 1.82. The van der Waals surface area contributed by atoms with Crippen LogP contribution in [0.25, 0.3) is 0 Å². The molecule has 21 heavy (non-hydrogen) atoms. The first-order chi connectivity index (χ1) is 9.75. The lowest BCUT2D eigenvalue weighted by Crippen LogP contribution is -2.32. The average Bonchev–Trinajstić information content (AvgIpc) is 2.75. The van der Waals surface area contributed by atoms with Gasteiger partial charge in [0.15, 0.2) is 0 Å². The number of carbonyl (C=O) groups excluding carboxylic acids is 2. The summed E-state index contributed by atoms with van der Waals surface area (Å²) in [5, 5.41) is 8.11. The number of aromatic nitrogens is 3. The van der Waals surface area contributed by atoms with Gasteiger partial charge in [0, 0.05) is 0 Å². The molecule has 0 spiro atoms. The Morgan fingerprint density at radius 1 is 1.43 bits per heavy atom. The predicted octanol–water partition coefficient (Wildman–Crippen LogP) is -0.218. The highest BCUT2D eigenvalue weighted by molar-refractivity contribution is 7.99. The van der Waals surface area contributed by atoms with E-state index in [2.05, 4.69) is 20.3 Å². The number of alkyl halides is 3. The van der Waals surface area contributed by atoms with E-state index >= 15 is 0 Å². The van der Waals surface area contributed by atoms with Crippen LogP contribution in [-0.4, -0.2) is 45.7 Å². The van der Waals surface area contributed by atoms with Gasteiger partial charge in [-0.3, -0.25) is 9.59 Å². The molecule has 0 bridgehead atoms. The van der Waals surface area contributed by atoms with E-state index in [1.165, 1.54) is 0 Å². The molecular weight excluding hydrogens is 315 g/mol. The van der Waals surface area contributed by atoms with E-state index < -0.39 is 23.9 Å². The first-order valence-corrected chi connectivity index (χ1v) is 6.57. The quantitative estimate of drug-likeness (QED) is 0.422. The van der Waals surface area contributed by atoms with Crippen LogP contribution in [0.15, 0.2) is 5.16 Å². The minimum absolute atomic E-state index is 0.181. The Kier molecular flexibility index (Phi) is 5.81. The molecule has 1 aromatic heterocycles. The Balaban J connectivity index is 2.47. The van der Waals surface area contributed by atoms with Gasteiger partial charge >= 0.3 is 12.1 Å². The lowest BCUT2D eigenvalue weighted by Gasteiger charge is -2.06. The summed E-state index contributed by atoms with van der Waals surface area (Å²) in [6, 6.07) is 0. The van der Waals surface area contributed by atoms with Crippen LogP contribution in [0.4, 0.5) is 13.2 Å². The van der Waals surface area contributed by atoms with Gasteiger partial charge in [0.05, 0.1) is 12.4 Å². The van der Waals surface area contributed by atoms with Crippen molar-refractivity contribution in [3.8, 4) is 0 Å². The van der Waals surface area contributed by atoms with Crippen LogP contribution in [0.3, 0.4) is 0 Å². The second kappa shape index (κ2) is 7.15. The molecule has 0 radical (unpaired) electrons. The molecule has 0 fully saturated rings. The smallest absolute Gasteiger partial charge is 0.453 e. The molecule has 8 nitrogen and oxygen atoms in total. The van der Waals surface area contributed by atoms with Gasteiger partial charge in [0.25, 0.3) is 5.82 Å². The maximum absolute atomic E-state index is 12.4. The number of hydrogen-bond donors (Lipinski definition) is 2. The number of carbonyl (C=O) groups is 2. The summed E-state index contributed by atoms with van der Waals surface area (Å²) in [7, 11) is 0. The number of thioether (sulfide) groups is 1. The molecule has 1 rings (SSSR count). The van der Waals surface area contributed by atoms with E-state index in [1.807, 2.05) is 0 Å². The maximum atomic E-state index is 12.4. The Morgan fingerprint density at radius 2 is 2.10 bits per heavy atom. The molecule has 0 unspecified atom stereocenters. The molecule has 0 saturated carbocycles. The van der Waals surface area contributed by atoms with Crippen molar-refractivity contribution in [2.75, 3.05) is 24.7 Å². The first-order valence-electron chi connectivity index (χ1n) is 5.58. The second-order valence-corrected chi connectivity index (χ2v) is 4.49. The van der Waals surface area contributed by atoms with Crippen molar-refractivity contribution < 1.29 is 27.5 Å². The summed E-state index contributed by atoms with van der Waals surface area (Å²) in [5.41, 5.74) is 0. The van der Waals surface area contributed by atoms with Gasteiger partial charge in [-0.2, -0.15) is 13.2 Å². The van der Waals surface area contributed by atoms with Crippen molar-refractivity contribution in [2.45, 2.75) is 18.3 Å². The minimum atomic E-state index is -4.73. The van der Waals surface area contributed by atoms with Crippen molar-refractivity contribution in [1.82, 2.24) is 20.2 Å². The van der Waals surface area contributed by atoms with Gasteiger partial charge in [-0.1, -0.05) is 11.8 Å². The van der Waals surface area contributed by atoms with E-state index in [9.17, 15) is 22.8 Å². The van der Waals surface area contributed by atoms with Crippen LogP contribution in [0.2, 0.25) is 0 Å². The molecule has 0 aliphatic heterocycles. The largest absolute Gasteiger partial charge is 0.465 e. The Hall–Kier alpha value is -1.98. The van der Waals surface area contributed by atoms with Crippen LogP contribution in [0, 0.1) is 0 Å². The fraction of sp³-hybridized carbons (Fsp3) is 0.556. The van der Waals surface area contributed by atoms with Crippen molar-refractivity contribution in [2.24, 2.45) is 0 Å². The second-order valence-electron chi connectivity index (χ2n) is 3.54. The average molecular weight is 327 g/mol. The Bertz CT molecular complexity index is 519. The van der Waals surface area contributed by atoms with Crippen molar-refractivity contribution in [3.05, 3.63) is 5.82 Å². The summed E-state index contributed by atoms with van der Waals surface area (Å²) in [4.78, 5) is 22.4. The maximum Gasteiger partial charge on any atom is 0.453 e. The third-order valence-corrected chi connectivity index (χ3v) is 2.93. The summed E-state index contributed by atoms with van der Waals surface area (Å²) in [6.45, 7) is 1.47. The topological polar surface area (TPSA) is 112 Å². The van der Waals surface area contributed by atoms with Crippen LogP contribution in [-0.2, 0) is 20.5 Å². The molecule has 0 atom stereocenters. The number of nitrogens with one attached hydrogen (secondary N) is 1. The number of nitrogen functional groups attached to an aromatic ring is 1. The molecule has 12 heteroatoms. The number of amides is 1. The molecule has 3 N–H and O–H groups in total. The lowest BCUT2D eigenvalue weighted by molar-refractivity contribution is -0.147. The molecule has 0 aliphatic carbocycles. The van der Waals surface area contributed by atoms with E-state index in [-0.39, 0.29) is 28.7 Å². The lowest BCUT2D eigenvalue weighted by atomic mass is 10.6. The molecule has 0 aliphatic rings. The number of nitrogens with zero attached hydrogens (tertiary/aromatic N) is 3. The number of rotatable bonds is 6. The summed E-state index contributed by atoms with van der Waals surface area (Å²) < 4.78 is 42.0. The summed E-state index contributed by atoms with van der Waals surface area (Å²) in [5.74, 6) is 2.35. The van der Waals surface area contributed by atoms with Gasteiger partial charge in [-0.05, 0) is 6.92 Å². The van der Waals surface area contributed by atoms with Crippen molar-refractivity contribution >= 4 is 23.6 Å². The molecule has 0 saturated heterocycles. The van der Waals surface area contributed by atoms with Crippen LogP contribution in [0.1, 0.15) is 12.7 Å². The Labute approximate surface area is 121 Å². The van der Waals surface area contributed by atoms with Gasteiger partial charge in [-0.25, -0.2) is 4.68 Å². The summed E-state index contributed by atoms with van der Waals surface area (Å²) in [6.07, 6.45) is -4.73. The summed E-state index contributed by atoms with van der Waals surface area (Å²) >= 11 is 0.657. The zero-order valence-corrected chi connectivity index (χ0v) is 11.6. The van der Waals surface area contributed by atoms with E-state index in [0.717, 1.165) is 0 Å². The van der Waals surface area contributed by atoms with Gasteiger partial charge in [-0.15, -0.1) is 10.2 Å². The predicted molar refractivity (Wildman–Crippen MR) is 65.5 cm³/mol. The van der Waals surface area contributed by atoms with E-state index in [1.54, 1.807) is 6.92 Å². The highest BCUT2D eigenvalue weighted by Crippen LogP contribution is 2.28. The number of ether oxygens (including phenoxy) is 1. The molecule has 1 aromatic rings. The highest BCUT2D eigenvalue weighted by Gasteiger charge is 2.38. The normalized spacial score (nSPS) is 11.2. The SMILES string of the molecule is CCOC(=O)CNC(=O)CSc1nnc(C(F)(F)F)n1N. The number of hydrogen-bond acceptors (Lipinski definition) is 7. The van der Waals surface area contributed by atoms with E-state index in [4.69, 9.17) is 5.84 Å². The number of esters is 1. The monoisotopic (exact) mass is 327 g/mol. The fourth-order valence-electron chi connectivity index (χ4n) is 1.13. The number of halogens is 3. The molecule has 1 heterocycles. The zero-order chi connectivity index (χ0) is 16.0. The molecule has 118 valence electrons. The minimum Gasteiger partial charge on any atom is -0.465 e. The Morgan fingerprint density at radius 3 is 2.62 bits per heavy atom. The highest BCUT2D eigenvalue weighted by atomic mass is 32.2. The van der Waals surface area contributed by atoms with Gasteiger partial charge in [0.1, 0.15) is 6.54 Å². The third kappa shape index (κ3) is 5.13. The van der Waals surface area contributed by atoms with Crippen LogP contribution < -0.4 is 11.2 Å². The van der Waals surface area contributed by atoms with Gasteiger partial charge < -0.3 is 15.9 Å². The van der Waals surface area contributed by atoms with Crippen molar-refractivity contribution in [1.29, 1.82) is 0 Å². The molecule has 1 amide bonds. The van der Waals surface area contributed by atoms with E-state index in [0.29, 0.717) is 11.8 Å². The third-order valence-electron chi connectivity index (χ3n) is 1.99. The first kappa shape index (κ1) is 17.1. The standard InChI is InChI=1S/C9H12F3N5O3S/c1-2-20-6(19)3-14-5(18)4-21-8-16-15-7(17(8)13)9(10,11)12/h2-4,13H2,1H3,(H,14,18). The number of nitrogens with two attached hydrogens (primary N) is 1. The van der Waals surface area contributed by atoms with Crippen molar-refractivity contribution in [3.63, 3.8) is 0 Å². The zero-order valence-electron chi connectivity index (χ0n) is 10.8. The van der Waals surface area contributed by atoms with Crippen LogP contribution in [0.5, 0.6) is 0 Å². The molecule has 0 aromatic carbocycles. The van der Waals surface area contributed by atoms with Gasteiger partial charge in [0.2, 0.25) is 11.1 Å². The van der Waals surface area contributed by atoms with Crippen LogP contribution >= 0.6 is 11.8 Å². The molecular formula is C9H12F3N5O3S.